The summed E-state index contributed by atoms with van der Waals surface area (Å²) in [6.45, 7) is 6.88. The molecule has 0 saturated heterocycles. The van der Waals surface area contributed by atoms with E-state index in [1.165, 1.54) is 16.7 Å². The van der Waals surface area contributed by atoms with E-state index in [-0.39, 0.29) is 32.0 Å². The molecular formula is C52H43N5O2Zn. The minimum atomic E-state index is -0.152. The minimum absolute atomic E-state index is 0. The third-order valence-corrected chi connectivity index (χ3v) is 10.9. The number of nitrogens with one attached hydrogen (secondary N) is 1. The van der Waals surface area contributed by atoms with Crippen molar-refractivity contribution in [1.29, 1.82) is 0 Å². The number of aryl methyl sites for hydroxylation is 3. The Bertz CT molecular complexity index is 2900. The molecule has 3 aromatic heterocycles. The van der Waals surface area contributed by atoms with Crippen molar-refractivity contribution in [2.75, 3.05) is 13.2 Å². The van der Waals surface area contributed by atoms with Crippen molar-refractivity contribution in [2.24, 2.45) is 0 Å². The molecule has 0 radical (unpaired) electrons. The summed E-state index contributed by atoms with van der Waals surface area (Å²) in [5, 5.41) is 12.1. The molecule has 0 unspecified atom stereocenters. The molecule has 2 aliphatic rings. The predicted octanol–water partition coefficient (Wildman–Crippen LogP) is 11.0. The summed E-state index contributed by atoms with van der Waals surface area (Å²) >= 11 is 0. The molecule has 8 heteroatoms. The normalized spacial score (nSPS) is 11.7. The zero-order valence-corrected chi connectivity index (χ0v) is 37.0. The van der Waals surface area contributed by atoms with E-state index in [1.807, 2.05) is 24.3 Å². The fourth-order valence-electron chi connectivity index (χ4n) is 7.76. The minimum Gasteiger partial charge on any atom is -0.657 e. The molecule has 1 amide bonds. The van der Waals surface area contributed by atoms with Gasteiger partial charge >= 0.3 is 19.5 Å². The van der Waals surface area contributed by atoms with Crippen LogP contribution in [0.15, 0.2) is 121 Å². The summed E-state index contributed by atoms with van der Waals surface area (Å²) in [5.74, 6) is -0.152. The number of benzene rings is 4. The first-order chi connectivity index (χ1) is 28.8. The number of nitrogens with zero attached hydrogens (tertiary/aromatic N) is 4. The van der Waals surface area contributed by atoms with E-state index in [4.69, 9.17) is 25.0 Å². The Morgan fingerprint density at radius 2 is 0.800 bits per heavy atom. The van der Waals surface area contributed by atoms with Crippen molar-refractivity contribution in [3.8, 4) is 44.5 Å². The quantitative estimate of drug-likeness (QED) is 0.111. The van der Waals surface area contributed by atoms with Crippen molar-refractivity contribution < 1.29 is 29.4 Å². The number of rotatable bonds is 9. The van der Waals surface area contributed by atoms with Crippen molar-refractivity contribution in [3.05, 3.63) is 166 Å². The Labute approximate surface area is 362 Å². The third-order valence-electron chi connectivity index (χ3n) is 10.9. The van der Waals surface area contributed by atoms with Gasteiger partial charge in [0.05, 0.1) is 22.8 Å². The smallest absolute Gasteiger partial charge is 0.657 e. The van der Waals surface area contributed by atoms with Crippen LogP contribution in [0.1, 0.15) is 62.7 Å². The van der Waals surface area contributed by atoms with Gasteiger partial charge in [0.15, 0.2) is 0 Å². The first-order valence-corrected chi connectivity index (χ1v) is 20.1. The van der Waals surface area contributed by atoms with Gasteiger partial charge in [-0.05, 0) is 115 Å². The molecule has 4 aromatic carbocycles. The number of hydrogen-bond donors (Lipinski definition) is 2. The topological polar surface area (TPSA) is 103 Å². The van der Waals surface area contributed by atoms with Crippen molar-refractivity contribution in [2.45, 2.75) is 33.6 Å². The molecule has 0 spiro atoms. The standard InChI is InChI=1S/C52H44N5O2.Zn/c1-32-6-12-35(13-7-32)48-40-22-24-42(54-40)49(36-14-8-33(2)9-15-36)44-26-28-46(56-44)51(38-18-20-39(21-19-38)52(59)53-30-4-5-31-58)47-29-27-45(57-47)50(43-25-23-41(48)55-43)37-16-10-34(3)11-17-37;/h6-29,58H,4-5,30-31H2,1-3H3,(H2-,53,54,55,56,57,59);/q-1;+2/p-1. The number of carbonyl (C=O) groups is 1. The molecule has 0 fully saturated rings. The van der Waals surface area contributed by atoms with Crippen molar-refractivity contribution >= 4 is 52.3 Å². The van der Waals surface area contributed by atoms with Crippen LogP contribution in [0.2, 0.25) is 0 Å². The molecule has 8 bridgehead atoms. The van der Waals surface area contributed by atoms with Crippen LogP contribution in [0.4, 0.5) is 0 Å². The van der Waals surface area contributed by atoms with Crippen molar-refractivity contribution in [3.63, 3.8) is 0 Å². The molecule has 60 heavy (non-hydrogen) atoms. The first kappa shape index (κ1) is 40.3. The van der Waals surface area contributed by atoms with E-state index in [1.54, 1.807) is 0 Å². The van der Waals surface area contributed by atoms with Gasteiger partial charge in [0.25, 0.3) is 5.91 Å². The Hall–Kier alpha value is -6.47. The molecule has 2 N–H and O–H groups in total. The maximum atomic E-state index is 13.0. The summed E-state index contributed by atoms with van der Waals surface area (Å²) < 4.78 is 0. The number of aliphatic hydroxyl groups is 1. The second-order valence-corrected chi connectivity index (χ2v) is 15.2. The third kappa shape index (κ3) is 8.09. The number of unbranched alkanes of at least 4 members (excludes halogenated alkanes) is 1. The van der Waals surface area contributed by atoms with Crippen LogP contribution < -0.4 is 15.3 Å². The second kappa shape index (κ2) is 17.4. The molecule has 0 atom stereocenters. The van der Waals surface area contributed by atoms with Crippen LogP contribution in [0, 0.1) is 20.8 Å². The number of amides is 1. The molecule has 5 heterocycles. The van der Waals surface area contributed by atoms with Crippen LogP contribution >= 0.6 is 0 Å². The number of fused-ring (bicyclic) bond motifs is 8. The van der Waals surface area contributed by atoms with E-state index >= 15 is 0 Å². The first-order valence-electron chi connectivity index (χ1n) is 20.1. The van der Waals surface area contributed by atoms with Gasteiger partial charge in [0.2, 0.25) is 0 Å². The Morgan fingerprint density at radius 3 is 1.12 bits per heavy atom. The van der Waals surface area contributed by atoms with Crippen LogP contribution in [0.3, 0.4) is 0 Å². The van der Waals surface area contributed by atoms with E-state index in [9.17, 15) is 4.79 Å². The van der Waals surface area contributed by atoms with E-state index in [0.717, 1.165) is 89.4 Å². The molecule has 0 aliphatic carbocycles. The maximum Gasteiger partial charge on any atom is 2.00 e. The van der Waals surface area contributed by atoms with E-state index in [2.05, 4.69) is 147 Å². The molecule has 7 aromatic rings. The average Bonchev–Trinajstić information content (AvgIpc) is 4.10. The second-order valence-electron chi connectivity index (χ2n) is 15.2. The Kier molecular flexibility index (Phi) is 11.7. The molecule has 9 rings (SSSR count). The number of hydrogen-bond acceptors (Lipinski definition) is 4. The Balaban J connectivity index is 0.00000499. The maximum absolute atomic E-state index is 13.0. The van der Waals surface area contributed by atoms with Gasteiger partial charge in [-0.3, -0.25) is 4.79 Å². The average molecular weight is 835 g/mol. The van der Waals surface area contributed by atoms with Gasteiger partial charge in [-0.25, -0.2) is 9.97 Å². The van der Waals surface area contributed by atoms with Crippen molar-refractivity contribution in [1.82, 2.24) is 25.3 Å². The zero-order chi connectivity index (χ0) is 40.5. The summed E-state index contributed by atoms with van der Waals surface area (Å²) in [6.07, 6.45) is 9.65. The Morgan fingerprint density at radius 1 is 0.483 bits per heavy atom. The van der Waals surface area contributed by atoms with Crippen LogP contribution in [-0.2, 0) is 19.5 Å². The molecule has 2 aliphatic heterocycles. The van der Waals surface area contributed by atoms with Crippen LogP contribution in [0.5, 0.6) is 0 Å². The summed E-state index contributed by atoms with van der Waals surface area (Å²) in [7, 11) is 0. The van der Waals surface area contributed by atoms with Crippen LogP contribution in [-0.4, -0.2) is 34.1 Å². The monoisotopic (exact) mass is 833 g/mol. The molecule has 7 nitrogen and oxygen atoms in total. The summed E-state index contributed by atoms with van der Waals surface area (Å²) in [6, 6.07) is 41.5. The fraction of sp³-hybridized carbons (Fsp3) is 0.135. The molecule has 290 valence electrons. The van der Waals surface area contributed by atoms with Gasteiger partial charge in [0.1, 0.15) is 0 Å². The van der Waals surface area contributed by atoms with Gasteiger partial charge in [-0.1, -0.05) is 126 Å². The van der Waals surface area contributed by atoms with Gasteiger partial charge < -0.3 is 20.4 Å². The number of carbonyl (C=O) groups excluding carboxylic acids is 1. The predicted molar refractivity (Wildman–Crippen MR) is 241 cm³/mol. The summed E-state index contributed by atoms with van der Waals surface area (Å²) in [4.78, 5) is 34.5. The SMILES string of the molecule is Cc1ccc(-c2c3nc(c(-c4ccc(C)cc4)c4ccc([n-]4)c(-c4ccc(C(=O)NCCCCO)cc4)c4nc(c(-c5ccc(C)cc5)c5ccc2[n-]5)C=C4)C=C3)cc1.[Zn+2]. The van der Waals surface area contributed by atoms with Gasteiger partial charge in [-0.15, -0.1) is 22.1 Å². The molecule has 0 saturated carbocycles. The van der Waals surface area contributed by atoms with Crippen LogP contribution in [0.25, 0.3) is 90.9 Å². The van der Waals surface area contributed by atoms with E-state index < -0.39 is 0 Å². The van der Waals surface area contributed by atoms with Gasteiger partial charge in [0, 0.05) is 18.7 Å². The summed E-state index contributed by atoms with van der Waals surface area (Å²) in [5.41, 5.74) is 18.0. The van der Waals surface area contributed by atoms with E-state index in [0.29, 0.717) is 24.9 Å². The fourth-order valence-corrected chi connectivity index (χ4v) is 7.76. The number of aromatic nitrogens is 4. The zero-order valence-electron chi connectivity index (χ0n) is 34.0. The molecular weight excluding hydrogens is 792 g/mol. The van der Waals surface area contributed by atoms with Gasteiger partial charge in [-0.2, -0.15) is 0 Å². The largest absolute Gasteiger partial charge is 2.00 e. The number of aliphatic hydroxyl groups excluding tert-OH is 1.